The van der Waals surface area contributed by atoms with Crippen LogP contribution >= 0.6 is 0 Å². The summed E-state index contributed by atoms with van der Waals surface area (Å²) in [5.41, 5.74) is 0. The molecule has 1 unspecified atom stereocenters. The van der Waals surface area contributed by atoms with E-state index in [0.717, 1.165) is 32.1 Å². The Bertz CT molecular complexity index is 483. The van der Waals surface area contributed by atoms with Gasteiger partial charge in [-0.25, -0.2) is 0 Å². The SMILES string of the molecule is CCCC#CC#CCCCCC(C=COC(C)=O)OC(C)=O. The summed E-state index contributed by atoms with van der Waals surface area (Å²) in [6, 6.07) is 0. The van der Waals surface area contributed by atoms with Gasteiger partial charge in [0.2, 0.25) is 0 Å². The Hall–Kier alpha value is -2.20. The van der Waals surface area contributed by atoms with Crippen LogP contribution in [0.25, 0.3) is 0 Å². The topological polar surface area (TPSA) is 52.6 Å². The largest absolute Gasteiger partial charge is 0.458 e. The molecule has 22 heavy (non-hydrogen) atoms. The van der Waals surface area contributed by atoms with Crippen molar-refractivity contribution in [2.75, 3.05) is 0 Å². The molecule has 0 spiro atoms. The number of unbranched alkanes of at least 4 members (excludes halogenated alkanes) is 3. The monoisotopic (exact) mass is 304 g/mol. The van der Waals surface area contributed by atoms with Crippen LogP contribution in [0.15, 0.2) is 12.3 Å². The van der Waals surface area contributed by atoms with Crippen molar-refractivity contribution in [1.82, 2.24) is 0 Å². The minimum atomic E-state index is -0.405. The highest BCUT2D eigenvalue weighted by atomic mass is 16.5. The van der Waals surface area contributed by atoms with E-state index in [2.05, 4.69) is 30.6 Å². The van der Waals surface area contributed by atoms with Crippen molar-refractivity contribution in [3.63, 3.8) is 0 Å². The zero-order valence-electron chi connectivity index (χ0n) is 13.6. The lowest BCUT2D eigenvalue weighted by Gasteiger charge is -2.12. The first-order valence-corrected chi connectivity index (χ1v) is 7.53. The van der Waals surface area contributed by atoms with E-state index in [0.29, 0.717) is 6.42 Å². The van der Waals surface area contributed by atoms with E-state index in [9.17, 15) is 9.59 Å². The van der Waals surface area contributed by atoms with Gasteiger partial charge in [0.15, 0.2) is 0 Å². The molecule has 0 aliphatic carbocycles. The van der Waals surface area contributed by atoms with Crippen LogP contribution in [0.1, 0.15) is 59.3 Å². The highest BCUT2D eigenvalue weighted by molar-refractivity contribution is 5.67. The number of ether oxygens (including phenoxy) is 2. The van der Waals surface area contributed by atoms with Crippen LogP contribution in [-0.4, -0.2) is 18.0 Å². The molecule has 0 aromatic rings. The molecule has 0 bridgehead atoms. The van der Waals surface area contributed by atoms with E-state index in [-0.39, 0.29) is 12.1 Å². The van der Waals surface area contributed by atoms with E-state index in [1.165, 1.54) is 20.1 Å². The summed E-state index contributed by atoms with van der Waals surface area (Å²) in [4.78, 5) is 21.7. The molecule has 0 rings (SSSR count). The zero-order valence-corrected chi connectivity index (χ0v) is 13.6. The van der Waals surface area contributed by atoms with Crippen LogP contribution in [0.5, 0.6) is 0 Å². The number of esters is 2. The van der Waals surface area contributed by atoms with Crippen LogP contribution in [0.4, 0.5) is 0 Å². The molecule has 0 radical (unpaired) electrons. The summed E-state index contributed by atoms with van der Waals surface area (Å²) in [6.45, 7) is 4.75. The lowest BCUT2D eigenvalue weighted by atomic mass is 10.1. The van der Waals surface area contributed by atoms with E-state index < -0.39 is 5.97 Å². The molecule has 0 aliphatic rings. The van der Waals surface area contributed by atoms with Crippen LogP contribution in [-0.2, 0) is 19.1 Å². The molecule has 0 aliphatic heterocycles. The van der Waals surface area contributed by atoms with Gasteiger partial charge in [0.25, 0.3) is 0 Å². The Morgan fingerprint density at radius 2 is 1.73 bits per heavy atom. The number of hydrogen-bond acceptors (Lipinski definition) is 4. The molecule has 1 atom stereocenters. The summed E-state index contributed by atoms with van der Waals surface area (Å²) in [5, 5.41) is 0. The van der Waals surface area contributed by atoms with Crippen molar-refractivity contribution in [3.05, 3.63) is 12.3 Å². The summed E-state index contributed by atoms with van der Waals surface area (Å²) in [6.07, 6.45) is 7.58. The molecular formula is C18H24O4. The predicted molar refractivity (Wildman–Crippen MR) is 85.4 cm³/mol. The van der Waals surface area contributed by atoms with Crippen LogP contribution in [0.3, 0.4) is 0 Å². The van der Waals surface area contributed by atoms with Gasteiger partial charge in [-0.05, 0) is 43.6 Å². The number of rotatable bonds is 8. The maximum atomic E-state index is 11.0. The average Bonchev–Trinajstić information content (AvgIpc) is 2.44. The quantitative estimate of drug-likeness (QED) is 0.299. The van der Waals surface area contributed by atoms with Gasteiger partial charge >= 0.3 is 11.9 Å². The fourth-order valence-electron chi connectivity index (χ4n) is 1.53. The average molecular weight is 304 g/mol. The minimum absolute atomic E-state index is 0.358. The third kappa shape index (κ3) is 14.2. The summed E-state index contributed by atoms with van der Waals surface area (Å²) >= 11 is 0. The Morgan fingerprint density at radius 1 is 1.05 bits per heavy atom. The highest BCUT2D eigenvalue weighted by Crippen LogP contribution is 2.09. The normalized spacial score (nSPS) is 10.9. The minimum Gasteiger partial charge on any atom is -0.458 e. The molecule has 4 heteroatoms. The first-order chi connectivity index (χ1) is 10.6. The van der Waals surface area contributed by atoms with Gasteiger partial charge < -0.3 is 9.47 Å². The maximum absolute atomic E-state index is 11.0. The molecule has 0 aromatic carbocycles. The molecule has 0 aromatic heterocycles. The molecular weight excluding hydrogens is 280 g/mol. The second-order valence-corrected chi connectivity index (χ2v) is 4.69. The third-order valence-electron chi connectivity index (χ3n) is 2.50. The van der Waals surface area contributed by atoms with E-state index in [4.69, 9.17) is 9.47 Å². The van der Waals surface area contributed by atoms with E-state index >= 15 is 0 Å². The smallest absolute Gasteiger partial charge is 0.307 e. The molecule has 0 saturated heterocycles. The summed E-state index contributed by atoms with van der Waals surface area (Å²) in [7, 11) is 0. The second kappa shape index (κ2) is 13.8. The van der Waals surface area contributed by atoms with Gasteiger partial charge in [0, 0.05) is 26.7 Å². The Labute approximate surface area is 133 Å². The highest BCUT2D eigenvalue weighted by Gasteiger charge is 2.08. The first-order valence-electron chi connectivity index (χ1n) is 7.53. The van der Waals surface area contributed by atoms with Crippen LogP contribution in [0.2, 0.25) is 0 Å². The van der Waals surface area contributed by atoms with Gasteiger partial charge in [-0.3, -0.25) is 9.59 Å². The fourth-order valence-corrected chi connectivity index (χ4v) is 1.53. The van der Waals surface area contributed by atoms with Gasteiger partial charge in [-0.2, -0.15) is 0 Å². The molecule has 0 amide bonds. The second-order valence-electron chi connectivity index (χ2n) is 4.69. The van der Waals surface area contributed by atoms with Crippen molar-refractivity contribution >= 4 is 11.9 Å². The Morgan fingerprint density at radius 3 is 2.32 bits per heavy atom. The Kier molecular flexibility index (Phi) is 12.4. The molecule has 4 nitrogen and oxygen atoms in total. The number of carbonyl (C=O) groups is 2. The lowest BCUT2D eigenvalue weighted by molar-refractivity contribution is -0.144. The summed E-state index contributed by atoms with van der Waals surface area (Å²) in [5.74, 6) is 10.8. The molecule has 0 N–H and O–H groups in total. The maximum Gasteiger partial charge on any atom is 0.307 e. The fraction of sp³-hybridized carbons (Fsp3) is 0.556. The molecule has 120 valence electrons. The standard InChI is InChI=1S/C18H24O4/c1-4-5-6-7-8-9-10-11-12-13-18(22-17(3)20)14-15-21-16(2)19/h14-15,18H,4-5,10-13H2,1-3H3. The van der Waals surface area contributed by atoms with Crippen LogP contribution in [0, 0.1) is 23.7 Å². The number of hydrogen-bond donors (Lipinski definition) is 0. The molecule has 0 saturated carbocycles. The third-order valence-corrected chi connectivity index (χ3v) is 2.50. The number of carbonyl (C=O) groups excluding carboxylic acids is 2. The van der Waals surface area contributed by atoms with Gasteiger partial charge in [0.1, 0.15) is 6.10 Å². The van der Waals surface area contributed by atoms with Crippen molar-refractivity contribution in [2.24, 2.45) is 0 Å². The van der Waals surface area contributed by atoms with E-state index in [1.807, 2.05) is 0 Å². The summed E-state index contributed by atoms with van der Waals surface area (Å²) < 4.78 is 9.83. The van der Waals surface area contributed by atoms with Gasteiger partial charge in [-0.15, -0.1) is 0 Å². The first kappa shape index (κ1) is 19.8. The lowest BCUT2D eigenvalue weighted by Crippen LogP contribution is -2.13. The predicted octanol–water partition coefficient (Wildman–Crippen LogP) is 3.36. The Balaban J connectivity index is 4.03. The molecule has 0 fully saturated rings. The van der Waals surface area contributed by atoms with Crippen molar-refractivity contribution in [2.45, 2.75) is 65.4 Å². The zero-order chi connectivity index (χ0) is 16.6. The van der Waals surface area contributed by atoms with Crippen molar-refractivity contribution in [1.29, 1.82) is 0 Å². The van der Waals surface area contributed by atoms with E-state index in [1.54, 1.807) is 6.08 Å². The van der Waals surface area contributed by atoms with Crippen molar-refractivity contribution < 1.29 is 19.1 Å². The van der Waals surface area contributed by atoms with Gasteiger partial charge in [-0.1, -0.05) is 18.8 Å². The molecule has 0 heterocycles. The van der Waals surface area contributed by atoms with Crippen LogP contribution < -0.4 is 0 Å². The van der Waals surface area contributed by atoms with Gasteiger partial charge in [0.05, 0.1) is 6.26 Å². The van der Waals surface area contributed by atoms with Crippen molar-refractivity contribution in [3.8, 4) is 23.7 Å².